The van der Waals surface area contributed by atoms with E-state index >= 15 is 0 Å². The van der Waals surface area contributed by atoms with Crippen LogP contribution in [0.3, 0.4) is 0 Å². The molecule has 1 aliphatic heterocycles. The summed E-state index contributed by atoms with van der Waals surface area (Å²) >= 11 is 6.29. The van der Waals surface area contributed by atoms with Gasteiger partial charge in [0.1, 0.15) is 0 Å². The summed E-state index contributed by atoms with van der Waals surface area (Å²) in [5.74, 6) is 0. The Kier molecular flexibility index (Phi) is 5.54. The molecule has 2 aromatic rings. The summed E-state index contributed by atoms with van der Waals surface area (Å²) in [7, 11) is 0. The second kappa shape index (κ2) is 7.82. The maximum Gasteiger partial charge on any atom is 0.0914 e. The zero-order valence-corrected chi connectivity index (χ0v) is 15.0. The Hall–Kier alpha value is -1.84. The Morgan fingerprint density at radius 3 is 2.58 bits per heavy atom. The van der Waals surface area contributed by atoms with Gasteiger partial charge in [-0.05, 0) is 54.7 Å². The first-order valence-corrected chi connectivity index (χ1v) is 8.71. The number of aliphatic imine (C=N–C) groups is 1. The van der Waals surface area contributed by atoms with E-state index in [0.29, 0.717) is 0 Å². The minimum atomic E-state index is 0.779. The predicted molar refractivity (Wildman–Crippen MR) is 101 cm³/mol. The molecular formula is C20H23ClN2O. The van der Waals surface area contributed by atoms with Gasteiger partial charge in [0.15, 0.2) is 0 Å². The summed E-state index contributed by atoms with van der Waals surface area (Å²) < 4.78 is 5.36. The summed E-state index contributed by atoms with van der Waals surface area (Å²) in [5.41, 5.74) is 5.92. The molecule has 1 fully saturated rings. The molecule has 126 valence electrons. The van der Waals surface area contributed by atoms with Crippen molar-refractivity contribution in [2.75, 3.05) is 26.3 Å². The molecule has 1 saturated heterocycles. The molecular weight excluding hydrogens is 320 g/mol. The van der Waals surface area contributed by atoms with Crippen molar-refractivity contribution in [2.45, 2.75) is 20.3 Å². The number of rotatable bonds is 4. The smallest absolute Gasteiger partial charge is 0.0914 e. The highest BCUT2D eigenvalue weighted by Crippen LogP contribution is 2.26. The highest BCUT2D eigenvalue weighted by Gasteiger charge is 2.09. The molecule has 1 aliphatic rings. The minimum Gasteiger partial charge on any atom is -0.378 e. The summed E-state index contributed by atoms with van der Waals surface area (Å²) in [6.45, 7) is 7.63. The molecule has 0 saturated carbocycles. The minimum absolute atomic E-state index is 0.779. The number of benzene rings is 2. The van der Waals surface area contributed by atoms with E-state index in [9.17, 15) is 0 Å². The van der Waals surface area contributed by atoms with Crippen molar-refractivity contribution < 1.29 is 4.74 Å². The van der Waals surface area contributed by atoms with E-state index in [2.05, 4.69) is 41.9 Å². The van der Waals surface area contributed by atoms with Crippen LogP contribution in [0.25, 0.3) is 0 Å². The lowest BCUT2D eigenvalue weighted by Crippen LogP contribution is -2.35. The van der Waals surface area contributed by atoms with Gasteiger partial charge in [-0.3, -0.25) is 0 Å². The van der Waals surface area contributed by atoms with Gasteiger partial charge < -0.3 is 9.64 Å². The molecule has 0 atom stereocenters. The van der Waals surface area contributed by atoms with Crippen molar-refractivity contribution in [2.24, 2.45) is 4.99 Å². The highest BCUT2D eigenvalue weighted by molar-refractivity contribution is 6.31. The lowest BCUT2D eigenvalue weighted by Gasteiger charge is -2.24. The van der Waals surface area contributed by atoms with E-state index in [1.807, 2.05) is 24.5 Å². The number of halogens is 1. The molecule has 3 nitrogen and oxygen atoms in total. The number of ether oxygens (including phenoxy) is 1. The fourth-order valence-corrected chi connectivity index (χ4v) is 3.08. The highest BCUT2D eigenvalue weighted by atomic mass is 35.5. The fourth-order valence-electron chi connectivity index (χ4n) is 2.87. The van der Waals surface area contributed by atoms with E-state index in [-0.39, 0.29) is 0 Å². The first kappa shape index (κ1) is 17.0. The van der Waals surface area contributed by atoms with Crippen LogP contribution in [0.1, 0.15) is 22.3 Å². The average molecular weight is 343 g/mol. The summed E-state index contributed by atoms with van der Waals surface area (Å²) in [6, 6.07) is 12.4. The monoisotopic (exact) mass is 342 g/mol. The number of hydrogen-bond acceptors (Lipinski definition) is 2. The van der Waals surface area contributed by atoms with E-state index in [4.69, 9.17) is 16.3 Å². The Morgan fingerprint density at radius 2 is 1.83 bits per heavy atom. The molecule has 24 heavy (non-hydrogen) atoms. The first-order chi connectivity index (χ1) is 11.6. The normalized spacial score (nSPS) is 15.2. The number of morpholine rings is 1. The molecule has 3 rings (SSSR count). The maximum atomic E-state index is 6.29. The Labute approximate surface area is 148 Å². The van der Waals surface area contributed by atoms with Crippen molar-refractivity contribution in [1.29, 1.82) is 0 Å². The van der Waals surface area contributed by atoms with Crippen LogP contribution in [0.5, 0.6) is 0 Å². The molecule has 2 aromatic carbocycles. The summed E-state index contributed by atoms with van der Waals surface area (Å²) in [6.07, 6.45) is 2.79. The van der Waals surface area contributed by atoms with Crippen molar-refractivity contribution in [3.05, 3.63) is 63.7 Å². The van der Waals surface area contributed by atoms with E-state index in [0.717, 1.165) is 49.0 Å². The molecule has 0 aromatic heterocycles. The third-order valence-electron chi connectivity index (χ3n) is 4.40. The molecule has 0 bridgehead atoms. The van der Waals surface area contributed by atoms with Gasteiger partial charge in [-0.1, -0.05) is 35.9 Å². The Morgan fingerprint density at radius 1 is 1.08 bits per heavy atom. The van der Waals surface area contributed by atoms with Crippen LogP contribution in [0.15, 0.2) is 41.4 Å². The molecule has 0 spiro atoms. The molecule has 4 heteroatoms. The average Bonchev–Trinajstić information content (AvgIpc) is 2.59. The molecule has 0 radical (unpaired) electrons. The molecule has 0 aliphatic carbocycles. The van der Waals surface area contributed by atoms with Crippen molar-refractivity contribution in [3.8, 4) is 0 Å². The second-order valence-corrected chi connectivity index (χ2v) is 6.63. The first-order valence-electron chi connectivity index (χ1n) is 8.33. The SMILES string of the molecule is Cc1cc(N=CN2CCOCC2)c(C)cc1Cc1ccccc1Cl. The predicted octanol–water partition coefficient (Wildman–Crippen LogP) is 4.54. The van der Waals surface area contributed by atoms with Crippen molar-refractivity contribution >= 4 is 23.6 Å². The lowest BCUT2D eigenvalue weighted by atomic mass is 9.97. The van der Waals surface area contributed by atoms with Gasteiger partial charge in [-0.15, -0.1) is 0 Å². The van der Waals surface area contributed by atoms with Gasteiger partial charge in [0.25, 0.3) is 0 Å². The zero-order chi connectivity index (χ0) is 16.9. The standard InChI is InChI=1S/C20H23ClN2O/c1-15-12-20(22-14-23-7-9-24-10-8-23)16(2)11-18(15)13-17-5-3-4-6-19(17)21/h3-6,11-12,14H,7-10,13H2,1-2H3. The van der Waals surface area contributed by atoms with Crippen LogP contribution < -0.4 is 0 Å². The van der Waals surface area contributed by atoms with Gasteiger partial charge >= 0.3 is 0 Å². The van der Waals surface area contributed by atoms with Gasteiger partial charge in [0, 0.05) is 18.1 Å². The van der Waals surface area contributed by atoms with Gasteiger partial charge in [-0.2, -0.15) is 0 Å². The Balaban J connectivity index is 1.78. The number of nitrogens with zero attached hydrogens (tertiary/aromatic N) is 2. The maximum absolute atomic E-state index is 6.29. The lowest BCUT2D eigenvalue weighted by molar-refractivity contribution is 0.0701. The van der Waals surface area contributed by atoms with Crippen LogP contribution in [0.2, 0.25) is 5.02 Å². The third-order valence-corrected chi connectivity index (χ3v) is 4.77. The van der Waals surface area contributed by atoms with Crippen LogP contribution >= 0.6 is 11.6 Å². The Bertz CT molecular complexity index is 736. The number of aryl methyl sites for hydroxylation is 2. The van der Waals surface area contributed by atoms with E-state index in [1.54, 1.807) is 0 Å². The second-order valence-electron chi connectivity index (χ2n) is 6.23. The molecule has 0 unspecified atom stereocenters. The quantitative estimate of drug-likeness (QED) is 0.602. The fraction of sp³-hybridized carbons (Fsp3) is 0.350. The third kappa shape index (κ3) is 4.16. The molecule has 0 N–H and O–H groups in total. The van der Waals surface area contributed by atoms with Crippen molar-refractivity contribution in [3.63, 3.8) is 0 Å². The van der Waals surface area contributed by atoms with Crippen LogP contribution in [-0.4, -0.2) is 37.5 Å². The van der Waals surface area contributed by atoms with Gasteiger partial charge in [-0.25, -0.2) is 4.99 Å². The number of hydrogen-bond donors (Lipinski definition) is 0. The summed E-state index contributed by atoms with van der Waals surface area (Å²) in [5, 5.41) is 0.823. The largest absolute Gasteiger partial charge is 0.378 e. The van der Waals surface area contributed by atoms with Gasteiger partial charge in [0.05, 0.1) is 25.2 Å². The van der Waals surface area contributed by atoms with E-state index < -0.39 is 0 Å². The van der Waals surface area contributed by atoms with Gasteiger partial charge in [0.2, 0.25) is 0 Å². The van der Waals surface area contributed by atoms with E-state index in [1.165, 1.54) is 16.7 Å². The van der Waals surface area contributed by atoms with Crippen molar-refractivity contribution in [1.82, 2.24) is 4.90 Å². The van der Waals surface area contributed by atoms with Crippen LogP contribution in [0.4, 0.5) is 5.69 Å². The topological polar surface area (TPSA) is 24.8 Å². The van der Waals surface area contributed by atoms with Crippen LogP contribution in [0, 0.1) is 13.8 Å². The van der Waals surface area contributed by atoms with Crippen LogP contribution in [-0.2, 0) is 11.2 Å². The summed E-state index contributed by atoms with van der Waals surface area (Å²) in [4.78, 5) is 6.88. The molecule has 0 amide bonds. The zero-order valence-electron chi connectivity index (χ0n) is 14.3. The molecule has 1 heterocycles.